The molecule has 112 valence electrons. The lowest BCUT2D eigenvalue weighted by atomic mass is 10.1. The van der Waals surface area contributed by atoms with Gasteiger partial charge in [-0.2, -0.15) is 0 Å². The molecule has 1 rings (SSSR count). The summed E-state index contributed by atoms with van der Waals surface area (Å²) < 4.78 is 9.89. The van der Waals surface area contributed by atoms with Gasteiger partial charge in [-0.3, -0.25) is 9.59 Å². The Kier molecular flexibility index (Phi) is 6.86. The highest BCUT2D eigenvalue weighted by molar-refractivity contribution is 6.09. The molecule has 1 aromatic carbocycles. The Labute approximate surface area is 121 Å². The molecule has 0 aliphatic rings. The maximum atomic E-state index is 11.5. The van der Waals surface area contributed by atoms with Crippen LogP contribution in [0.2, 0.25) is 0 Å². The summed E-state index contributed by atoms with van der Waals surface area (Å²) in [7, 11) is 0. The van der Waals surface area contributed by atoms with Crippen LogP contribution in [0.4, 0.5) is 0 Å². The minimum atomic E-state index is -0.549. The Balaban J connectivity index is 2.88. The molecule has 0 heterocycles. The molecule has 0 saturated heterocycles. The topological polar surface area (TPSA) is 93.1 Å². The van der Waals surface area contributed by atoms with Gasteiger partial charge in [0.1, 0.15) is 11.5 Å². The molecule has 0 aliphatic carbocycles. The Morgan fingerprint density at radius 3 is 2.48 bits per heavy atom. The third kappa shape index (κ3) is 5.60. The van der Waals surface area contributed by atoms with Crippen molar-refractivity contribution in [3.63, 3.8) is 0 Å². The van der Waals surface area contributed by atoms with Crippen LogP contribution in [0.15, 0.2) is 36.9 Å². The summed E-state index contributed by atoms with van der Waals surface area (Å²) in [5.41, 5.74) is 0.522. The minimum absolute atomic E-state index is 0.248. The molecule has 6 heteroatoms. The van der Waals surface area contributed by atoms with Crippen LogP contribution in [0.5, 0.6) is 11.5 Å². The number of ketones is 2. The van der Waals surface area contributed by atoms with Crippen molar-refractivity contribution in [2.45, 2.75) is 6.42 Å². The summed E-state index contributed by atoms with van der Waals surface area (Å²) in [5.74, 6) is -0.0949. The van der Waals surface area contributed by atoms with Gasteiger partial charge in [0, 0.05) is 11.6 Å². The quantitative estimate of drug-likeness (QED) is 0.402. The molecule has 0 unspecified atom stereocenters. The second kappa shape index (κ2) is 8.68. The second-order valence-electron chi connectivity index (χ2n) is 3.89. The monoisotopic (exact) mass is 292 g/mol. The Bertz CT molecular complexity index is 547. The zero-order chi connectivity index (χ0) is 15.7. The van der Waals surface area contributed by atoms with E-state index in [4.69, 9.17) is 19.7 Å². The molecule has 0 amide bonds. The molecule has 0 saturated carbocycles. The van der Waals surface area contributed by atoms with Crippen molar-refractivity contribution in [3.05, 3.63) is 42.5 Å². The fourth-order valence-electron chi connectivity index (χ4n) is 1.50. The first-order chi connectivity index (χ1) is 10.1. The average Bonchev–Trinajstić information content (AvgIpc) is 2.47. The number of hydrogen-bond acceptors (Lipinski definition) is 6. The molecule has 0 fully saturated rings. The van der Waals surface area contributed by atoms with E-state index in [1.807, 2.05) is 0 Å². The van der Waals surface area contributed by atoms with E-state index in [0.717, 1.165) is 6.08 Å². The van der Waals surface area contributed by atoms with E-state index in [9.17, 15) is 9.59 Å². The SMILES string of the molecule is C=CC(=O)CC(=O)/C=C/c1ccc(OCO)cc1OCO. The molecule has 0 atom stereocenters. The number of rotatable bonds is 9. The number of aliphatic hydroxyl groups is 2. The van der Waals surface area contributed by atoms with Gasteiger partial charge in [-0.05, 0) is 30.4 Å². The van der Waals surface area contributed by atoms with E-state index in [2.05, 4.69) is 6.58 Å². The van der Waals surface area contributed by atoms with Crippen LogP contribution in [0.25, 0.3) is 6.08 Å². The molecule has 0 aliphatic heterocycles. The van der Waals surface area contributed by atoms with Crippen LogP contribution in [-0.4, -0.2) is 35.4 Å². The molecule has 0 aromatic heterocycles. The van der Waals surface area contributed by atoms with Gasteiger partial charge in [0.15, 0.2) is 25.2 Å². The fourth-order valence-corrected chi connectivity index (χ4v) is 1.50. The Morgan fingerprint density at radius 2 is 1.86 bits per heavy atom. The van der Waals surface area contributed by atoms with Crippen LogP contribution in [0, 0.1) is 0 Å². The average molecular weight is 292 g/mol. The lowest BCUT2D eigenvalue weighted by Crippen LogP contribution is -2.02. The first-order valence-electron chi connectivity index (χ1n) is 6.08. The smallest absolute Gasteiger partial charge is 0.186 e. The number of ether oxygens (including phenoxy) is 2. The van der Waals surface area contributed by atoms with Gasteiger partial charge in [0.2, 0.25) is 0 Å². The van der Waals surface area contributed by atoms with Crippen molar-refractivity contribution in [3.8, 4) is 11.5 Å². The maximum Gasteiger partial charge on any atom is 0.186 e. The largest absolute Gasteiger partial charge is 0.468 e. The molecule has 21 heavy (non-hydrogen) atoms. The van der Waals surface area contributed by atoms with E-state index in [0.29, 0.717) is 11.3 Å². The van der Waals surface area contributed by atoms with Gasteiger partial charge in [-0.15, -0.1) is 0 Å². The van der Waals surface area contributed by atoms with Crippen molar-refractivity contribution >= 4 is 17.6 Å². The lowest BCUT2D eigenvalue weighted by Gasteiger charge is -2.09. The van der Waals surface area contributed by atoms with E-state index in [-0.39, 0.29) is 23.7 Å². The maximum absolute atomic E-state index is 11.5. The molecule has 1 aromatic rings. The number of carbonyl (C=O) groups is 2. The van der Waals surface area contributed by atoms with Crippen LogP contribution < -0.4 is 9.47 Å². The predicted molar refractivity (Wildman–Crippen MR) is 75.7 cm³/mol. The van der Waals surface area contributed by atoms with Gasteiger partial charge < -0.3 is 19.7 Å². The summed E-state index contributed by atoms with van der Waals surface area (Å²) in [5, 5.41) is 17.5. The molecular formula is C15H16O6. The standard InChI is InChI=1S/C15H16O6/c1-2-12(18)7-13(19)5-3-11-4-6-14(20-9-16)8-15(11)21-10-17/h2-6,8,16-17H,1,7,9-10H2/b5-3+. The van der Waals surface area contributed by atoms with Crippen molar-refractivity contribution in [1.29, 1.82) is 0 Å². The van der Waals surface area contributed by atoms with Crippen LogP contribution in [-0.2, 0) is 9.59 Å². The Morgan fingerprint density at radius 1 is 1.14 bits per heavy atom. The normalized spacial score (nSPS) is 10.4. The summed E-state index contributed by atoms with van der Waals surface area (Å²) >= 11 is 0. The highest BCUT2D eigenvalue weighted by atomic mass is 16.6. The highest BCUT2D eigenvalue weighted by Gasteiger charge is 2.06. The predicted octanol–water partition coefficient (Wildman–Crippen LogP) is 1.07. The minimum Gasteiger partial charge on any atom is -0.468 e. The second-order valence-corrected chi connectivity index (χ2v) is 3.89. The van der Waals surface area contributed by atoms with E-state index >= 15 is 0 Å². The molecular weight excluding hydrogens is 276 g/mol. The number of benzene rings is 1. The van der Waals surface area contributed by atoms with Crippen molar-refractivity contribution in [2.24, 2.45) is 0 Å². The third-order valence-electron chi connectivity index (χ3n) is 2.46. The molecule has 0 bridgehead atoms. The Hall–Kier alpha value is -2.44. The van der Waals surface area contributed by atoms with Crippen LogP contribution in [0.1, 0.15) is 12.0 Å². The first-order valence-corrected chi connectivity index (χ1v) is 6.08. The highest BCUT2D eigenvalue weighted by Crippen LogP contribution is 2.26. The van der Waals surface area contributed by atoms with Crippen molar-refractivity contribution in [1.82, 2.24) is 0 Å². The zero-order valence-electron chi connectivity index (χ0n) is 11.3. The van der Waals surface area contributed by atoms with E-state index in [1.165, 1.54) is 18.2 Å². The number of carbonyl (C=O) groups excluding carboxylic acids is 2. The van der Waals surface area contributed by atoms with Gasteiger partial charge in [0.05, 0.1) is 6.42 Å². The van der Waals surface area contributed by atoms with Gasteiger partial charge >= 0.3 is 0 Å². The molecule has 0 spiro atoms. The number of aliphatic hydroxyl groups excluding tert-OH is 2. The molecule has 2 N–H and O–H groups in total. The summed E-state index contributed by atoms with van der Waals surface area (Å²) in [4.78, 5) is 22.6. The summed E-state index contributed by atoms with van der Waals surface area (Å²) in [6.07, 6.45) is 3.55. The fraction of sp³-hybridized carbons (Fsp3) is 0.200. The van der Waals surface area contributed by atoms with Crippen molar-refractivity contribution < 1.29 is 29.3 Å². The van der Waals surface area contributed by atoms with Crippen molar-refractivity contribution in [2.75, 3.05) is 13.6 Å². The molecule has 0 radical (unpaired) electrons. The summed E-state index contributed by atoms with van der Waals surface area (Å²) in [6.45, 7) is 2.25. The van der Waals surface area contributed by atoms with Crippen LogP contribution in [0.3, 0.4) is 0 Å². The number of hydrogen-bond donors (Lipinski definition) is 2. The van der Waals surface area contributed by atoms with E-state index < -0.39 is 13.6 Å². The van der Waals surface area contributed by atoms with E-state index in [1.54, 1.807) is 12.1 Å². The van der Waals surface area contributed by atoms with Gasteiger partial charge in [0.25, 0.3) is 0 Å². The van der Waals surface area contributed by atoms with Gasteiger partial charge in [-0.1, -0.05) is 6.58 Å². The third-order valence-corrected chi connectivity index (χ3v) is 2.46. The first kappa shape index (κ1) is 16.6. The number of allylic oxidation sites excluding steroid dienone is 2. The zero-order valence-corrected chi connectivity index (χ0v) is 11.3. The van der Waals surface area contributed by atoms with Crippen LogP contribution >= 0.6 is 0 Å². The lowest BCUT2D eigenvalue weighted by molar-refractivity contribution is -0.121. The summed E-state index contributed by atoms with van der Waals surface area (Å²) in [6, 6.07) is 4.63. The van der Waals surface area contributed by atoms with Gasteiger partial charge in [-0.25, -0.2) is 0 Å². The molecule has 6 nitrogen and oxygen atoms in total.